The second kappa shape index (κ2) is 7.59. The highest BCUT2D eigenvalue weighted by Gasteiger charge is 2.17. The molecule has 3 amide bonds. The van der Waals surface area contributed by atoms with E-state index in [2.05, 4.69) is 15.6 Å². The minimum absolute atomic E-state index is 0.366. The summed E-state index contributed by atoms with van der Waals surface area (Å²) in [7, 11) is 0. The Morgan fingerprint density at radius 3 is 2.55 bits per heavy atom. The number of ether oxygens (including phenoxy) is 1. The third kappa shape index (κ3) is 4.96. The fraction of sp³-hybridized carbons (Fsp3) is 0.500. The van der Waals surface area contributed by atoms with E-state index in [1.165, 1.54) is 11.3 Å². The predicted octanol–water partition coefficient (Wildman–Crippen LogP) is 1.15. The Balaban J connectivity index is 2.39. The van der Waals surface area contributed by atoms with Crippen molar-refractivity contribution in [2.24, 2.45) is 0 Å². The molecule has 2 N–H and O–H groups in total. The standard InChI is InChI=1S/C12H17N3O4S/c1-4-5-13-12(18)15-9(16)6-19-11(17)10-7(2)14-8(3)20-10/h4-6H2,1-3H3,(H2,13,15,16,18). The summed E-state index contributed by atoms with van der Waals surface area (Å²) in [6.07, 6.45) is 0.764. The Kier molecular flexibility index (Phi) is 6.10. The molecule has 1 rings (SSSR count). The van der Waals surface area contributed by atoms with Crippen molar-refractivity contribution in [3.8, 4) is 0 Å². The first-order valence-corrected chi connectivity index (χ1v) is 6.94. The molecule has 1 heterocycles. The second-order valence-corrected chi connectivity index (χ2v) is 5.23. The summed E-state index contributed by atoms with van der Waals surface area (Å²) >= 11 is 1.20. The largest absolute Gasteiger partial charge is 0.451 e. The Hall–Kier alpha value is -1.96. The Morgan fingerprint density at radius 2 is 2.00 bits per heavy atom. The van der Waals surface area contributed by atoms with Gasteiger partial charge in [-0.1, -0.05) is 6.92 Å². The molecule has 0 aliphatic heterocycles. The number of urea groups is 1. The van der Waals surface area contributed by atoms with E-state index in [1.807, 2.05) is 6.92 Å². The summed E-state index contributed by atoms with van der Waals surface area (Å²) in [5, 5.41) is 5.29. The molecule has 8 heteroatoms. The molecule has 0 aliphatic carbocycles. The highest BCUT2D eigenvalue weighted by molar-refractivity contribution is 7.13. The number of hydrogen-bond donors (Lipinski definition) is 2. The third-order valence-electron chi connectivity index (χ3n) is 2.21. The average Bonchev–Trinajstić information content (AvgIpc) is 2.72. The number of carbonyl (C=O) groups excluding carboxylic acids is 3. The van der Waals surface area contributed by atoms with E-state index in [0.29, 0.717) is 17.1 Å². The fourth-order valence-corrected chi connectivity index (χ4v) is 2.18. The molecule has 0 saturated heterocycles. The number of rotatable bonds is 5. The van der Waals surface area contributed by atoms with E-state index < -0.39 is 24.5 Å². The van der Waals surface area contributed by atoms with Crippen LogP contribution in [0.1, 0.15) is 33.7 Å². The maximum atomic E-state index is 11.7. The average molecular weight is 299 g/mol. The molecule has 0 fully saturated rings. The number of aromatic nitrogens is 1. The molecule has 0 unspecified atom stereocenters. The first kappa shape index (κ1) is 16.1. The van der Waals surface area contributed by atoms with Crippen LogP contribution in [0.25, 0.3) is 0 Å². The van der Waals surface area contributed by atoms with Crippen molar-refractivity contribution in [1.29, 1.82) is 0 Å². The zero-order valence-corrected chi connectivity index (χ0v) is 12.4. The molecule has 0 aromatic carbocycles. The van der Waals surface area contributed by atoms with Crippen molar-refractivity contribution in [2.75, 3.05) is 13.2 Å². The van der Waals surface area contributed by atoms with Gasteiger partial charge in [-0.3, -0.25) is 10.1 Å². The van der Waals surface area contributed by atoms with Crippen molar-refractivity contribution < 1.29 is 19.1 Å². The van der Waals surface area contributed by atoms with Crippen molar-refractivity contribution >= 4 is 29.2 Å². The van der Waals surface area contributed by atoms with Gasteiger partial charge in [-0.2, -0.15) is 0 Å². The highest BCUT2D eigenvalue weighted by Crippen LogP contribution is 2.17. The van der Waals surface area contributed by atoms with Crippen LogP contribution in [0.2, 0.25) is 0 Å². The number of amides is 3. The van der Waals surface area contributed by atoms with Crippen molar-refractivity contribution in [3.05, 3.63) is 15.6 Å². The van der Waals surface area contributed by atoms with Crippen LogP contribution in [0, 0.1) is 13.8 Å². The van der Waals surface area contributed by atoms with Crippen LogP contribution in [-0.2, 0) is 9.53 Å². The smallest absolute Gasteiger partial charge is 0.350 e. The van der Waals surface area contributed by atoms with Crippen molar-refractivity contribution in [2.45, 2.75) is 27.2 Å². The summed E-state index contributed by atoms with van der Waals surface area (Å²) in [5.74, 6) is -1.29. The van der Waals surface area contributed by atoms with E-state index in [4.69, 9.17) is 4.74 Å². The maximum Gasteiger partial charge on any atom is 0.350 e. The molecule has 0 spiro atoms. The van der Waals surface area contributed by atoms with Gasteiger partial charge in [0.05, 0.1) is 10.7 Å². The van der Waals surface area contributed by atoms with Crippen LogP contribution in [0.15, 0.2) is 0 Å². The van der Waals surface area contributed by atoms with Gasteiger partial charge in [0.15, 0.2) is 6.61 Å². The van der Waals surface area contributed by atoms with E-state index >= 15 is 0 Å². The zero-order valence-electron chi connectivity index (χ0n) is 11.6. The molecule has 7 nitrogen and oxygen atoms in total. The minimum Gasteiger partial charge on any atom is -0.451 e. The number of hydrogen-bond acceptors (Lipinski definition) is 6. The van der Waals surface area contributed by atoms with E-state index in [0.717, 1.165) is 11.4 Å². The topological polar surface area (TPSA) is 97.4 Å². The van der Waals surface area contributed by atoms with Crippen molar-refractivity contribution in [1.82, 2.24) is 15.6 Å². The number of nitrogens with zero attached hydrogens (tertiary/aromatic N) is 1. The summed E-state index contributed by atoms with van der Waals surface area (Å²) in [5.41, 5.74) is 0.568. The van der Waals surface area contributed by atoms with Crippen molar-refractivity contribution in [3.63, 3.8) is 0 Å². The molecule has 1 aromatic heterocycles. The van der Waals surface area contributed by atoms with Gasteiger partial charge >= 0.3 is 12.0 Å². The zero-order chi connectivity index (χ0) is 15.1. The molecule has 0 atom stereocenters. The number of aryl methyl sites for hydroxylation is 2. The minimum atomic E-state index is -0.675. The molecular formula is C12H17N3O4S. The van der Waals surface area contributed by atoms with Crippen LogP contribution >= 0.6 is 11.3 Å². The number of thiazole rings is 1. The van der Waals surface area contributed by atoms with Gasteiger partial charge in [0.1, 0.15) is 4.88 Å². The second-order valence-electron chi connectivity index (χ2n) is 4.03. The Bertz CT molecular complexity index is 513. The van der Waals surface area contributed by atoms with Crippen LogP contribution in [0.5, 0.6) is 0 Å². The van der Waals surface area contributed by atoms with Crippen LogP contribution < -0.4 is 10.6 Å². The molecule has 110 valence electrons. The summed E-state index contributed by atoms with van der Waals surface area (Å²) in [4.78, 5) is 38.7. The van der Waals surface area contributed by atoms with Gasteiger partial charge in [-0.15, -0.1) is 11.3 Å². The molecule has 0 radical (unpaired) electrons. The van der Waals surface area contributed by atoms with Crippen LogP contribution in [0.4, 0.5) is 4.79 Å². The van der Waals surface area contributed by atoms with Gasteiger partial charge in [-0.05, 0) is 20.3 Å². The number of esters is 1. The molecule has 1 aromatic rings. The molecule has 0 aliphatic rings. The molecule has 20 heavy (non-hydrogen) atoms. The molecular weight excluding hydrogens is 282 g/mol. The Labute approximate surface area is 120 Å². The van der Waals surface area contributed by atoms with E-state index in [1.54, 1.807) is 13.8 Å². The van der Waals surface area contributed by atoms with Gasteiger partial charge in [0.2, 0.25) is 0 Å². The van der Waals surface area contributed by atoms with Crippen LogP contribution in [-0.4, -0.2) is 36.0 Å². The van der Waals surface area contributed by atoms with Gasteiger partial charge in [-0.25, -0.2) is 14.6 Å². The Morgan fingerprint density at radius 1 is 1.30 bits per heavy atom. The summed E-state index contributed by atoms with van der Waals surface area (Å²) in [6.45, 7) is 5.33. The lowest BCUT2D eigenvalue weighted by Crippen LogP contribution is -2.41. The highest BCUT2D eigenvalue weighted by atomic mass is 32.1. The normalized spacial score (nSPS) is 9.95. The van der Waals surface area contributed by atoms with E-state index in [9.17, 15) is 14.4 Å². The van der Waals surface area contributed by atoms with Gasteiger partial charge in [0.25, 0.3) is 5.91 Å². The third-order valence-corrected chi connectivity index (χ3v) is 3.26. The maximum absolute atomic E-state index is 11.7. The lowest BCUT2D eigenvalue weighted by molar-refractivity contribution is -0.123. The fourth-order valence-electron chi connectivity index (χ4n) is 1.36. The van der Waals surface area contributed by atoms with E-state index in [-0.39, 0.29) is 0 Å². The lowest BCUT2D eigenvalue weighted by Gasteiger charge is -2.06. The summed E-state index contributed by atoms with van der Waals surface area (Å²) in [6, 6.07) is -0.599. The first-order chi connectivity index (χ1) is 9.43. The SMILES string of the molecule is CCCNC(=O)NC(=O)COC(=O)c1sc(C)nc1C. The van der Waals surface area contributed by atoms with Gasteiger partial charge in [0, 0.05) is 6.54 Å². The summed E-state index contributed by atoms with van der Waals surface area (Å²) < 4.78 is 4.83. The number of imide groups is 1. The number of nitrogens with one attached hydrogen (secondary N) is 2. The predicted molar refractivity (Wildman–Crippen MR) is 73.7 cm³/mol. The van der Waals surface area contributed by atoms with Crippen LogP contribution in [0.3, 0.4) is 0 Å². The first-order valence-electron chi connectivity index (χ1n) is 6.12. The molecule has 0 saturated carbocycles. The number of carbonyl (C=O) groups is 3. The lowest BCUT2D eigenvalue weighted by atomic mass is 10.4. The quantitative estimate of drug-likeness (QED) is 0.795. The molecule has 0 bridgehead atoms. The van der Waals surface area contributed by atoms with Gasteiger partial charge < -0.3 is 10.1 Å². The monoisotopic (exact) mass is 299 g/mol.